The van der Waals surface area contributed by atoms with Crippen LogP contribution in [0.2, 0.25) is 5.02 Å². The average molecular weight is 406 g/mol. The van der Waals surface area contributed by atoms with Gasteiger partial charge in [-0.3, -0.25) is 19.7 Å². The van der Waals surface area contributed by atoms with Crippen molar-refractivity contribution in [2.45, 2.75) is 6.42 Å². The molecule has 0 atom stereocenters. The molecule has 144 valence electrons. The molecule has 0 aliphatic carbocycles. The summed E-state index contributed by atoms with van der Waals surface area (Å²) in [6.45, 7) is 0.356. The van der Waals surface area contributed by atoms with E-state index in [0.717, 1.165) is 5.69 Å². The summed E-state index contributed by atoms with van der Waals surface area (Å²) >= 11 is 5.76. The molecular formula is C18H14ClF2N5O2. The summed E-state index contributed by atoms with van der Waals surface area (Å²) in [7, 11) is 0. The average Bonchev–Trinajstić information content (AvgIpc) is 3.14. The summed E-state index contributed by atoms with van der Waals surface area (Å²) < 4.78 is 26.4. The van der Waals surface area contributed by atoms with Crippen LogP contribution in [0.25, 0.3) is 0 Å². The molecule has 3 aromatic rings. The molecule has 0 unspecified atom stereocenters. The molecule has 0 radical (unpaired) electrons. The smallest absolute Gasteiger partial charge is 0.271 e. The minimum absolute atomic E-state index is 0.0488. The highest BCUT2D eigenvalue weighted by molar-refractivity contribution is 6.34. The first-order chi connectivity index (χ1) is 13.4. The van der Waals surface area contributed by atoms with E-state index >= 15 is 0 Å². The van der Waals surface area contributed by atoms with Crippen LogP contribution >= 0.6 is 11.6 Å². The summed E-state index contributed by atoms with van der Waals surface area (Å²) in [4.78, 5) is 28.4. The van der Waals surface area contributed by atoms with E-state index in [4.69, 9.17) is 11.6 Å². The number of carbonyl (C=O) groups is 2. The van der Waals surface area contributed by atoms with Crippen molar-refractivity contribution in [1.82, 2.24) is 20.5 Å². The first kappa shape index (κ1) is 19.4. The van der Waals surface area contributed by atoms with Gasteiger partial charge >= 0.3 is 0 Å². The Balaban J connectivity index is 1.58. The number of rotatable bonds is 6. The third-order valence-corrected chi connectivity index (χ3v) is 4.02. The van der Waals surface area contributed by atoms with Crippen molar-refractivity contribution in [2.75, 3.05) is 11.9 Å². The quantitative estimate of drug-likeness (QED) is 0.549. The largest absolute Gasteiger partial charge is 0.350 e. The molecular weight excluding hydrogens is 392 g/mol. The molecule has 3 N–H and O–H groups in total. The third-order valence-electron chi connectivity index (χ3n) is 3.71. The highest BCUT2D eigenvalue weighted by Crippen LogP contribution is 2.21. The van der Waals surface area contributed by atoms with Crippen molar-refractivity contribution in [3.63, 3.8) is 0 Å². The molecule has 0 fully saturated rings. The predicted molar refractivity (Wildman–Crippen MR) is 98.2 cm³/mol. The maximum Gasteiger partial charge on any atom is 0.271 e. The number of hydrogen-bond acceptors (Lipinski definition) is 4. The lowest BCUT2D eigenvalue weighted by molar-refractivity contribution is 0.0948. The van der Waals surface area contributed by atoms with E-state index in [1.54, 1.807) is 12.3 Å². The molecule has 0 spiro atoms. The van der Waals surface area contributed by atoms with E-state index < -0.39 is 23.4 Å². The lowest BCUT2D eigenvalue weighted by atomic mass is 10.2. The third kappa shape index (κ3) is 4.68. The highest BCUT2D eigenvalue weighted by Gasteiger charge is 2.17. The minimum Gasteiger partial charge on any atom is -0.350 e. The molecule has 7 nitrogen and oxygen atoms in total. The van der Waals surface area contributed by atoms with Crippen LogP contribution in [-0.4, -0.2) is 33.5 Å². The van der Waals surface area contributed by atoms with E-state index in [1.165, 1.54) is 6.07 Å². The second-order valence-electron chi connectivity index (χ2n) is 5.69. The number of nitrogens with one attached hydrogen (secondary N) is 3. The van der Waals surface area contributed by atoms with Gasteiger partial charge in [0.05, 0.1) is 10.6 Å². The summed E-state index contributed by atoms with van der Waals surface area (Å²) in [6, 6.07) is 8.20. The van der Waals surface area contributed by atoms with Crippen molar-refractivity contribution in [3.05, 3.63) is 76.2 Å². The number of anilines is 1. The van der Waals surface area contributed by atoms with Crippen LogP contribution in [0.4, 0.5) is 14.6 Å². The fourth-order valence-corrected chi connectivity index (χ4v) is 2.57. The van der Waals surface area contributed by atoms with Gasteiger partial charge in [-0.2, -0.15) is 5.10 Å². The molecule has 3 rings (SSSR count). The first-order valence-corrected chi connectivity index (χ1v) is 8.51. The van der Waals surface area contributed by atoms with Crippen LogP contribution in [0.5, 0.6) is 0 Å². The number of halogens is 3. The van der Waals surface area contributed by atoms with Crippen LogP contribution in [0, 0.1) is 11.6 Å². The number of aromatic amines is 1. The van der Waals surface area contributed by atoms with E-state index in [-0.39, 0.29) is 22.1 Å². The zero-order valence-electron chi connectivity index (χ0n) is 14.3. The Labute approximate surface area is 163 Å². The minimum atomic E-state index is -1.20. The van der Waals surface area contributed by atoms with E-state index in [0.29, 0.717) is 25.1 Å². The summed E-state index contributed by atoms with van der Waals surface area (Å²) in [5.74, 6) is -3.49. The Morgan fingerprint density at radius 2 is 1.89 bits per heavy atom. The van der Waals surface area contributed by atoms with Gasteiger partial charge in [-0.15, -0.1) is 0 Å². The number of pyridine rings is 1. The topological polar surface area (TPSA) is 99.8 Å². The second kappa shape index (κ2) is 8.57. The van der Waals surface area contributed by atoms with Crippen LogP contribution in [-0.2, 0) is 6.42 Å². The number of aromatic nitrogens is 3. The molecule has 0 saturated heterocycles. The Morgan fingerprint density at radius 1 is 1.11 bits per heavy atom. The molecule has 28 heavy (non-hydrogen) atoms. The van der Waals surface area contributed by atoms with Crippen molar-refractivity contribution >= 4 is 29.2 Å². The summed E-state index contributed by atoms with van der Waals surface area (Å²) in [5, 5.41) is 11.1. The zero-order valence-corrected chi connectivity index (χ0v) is 15.1. The molecule has 0 saturated carbocycles. The van der Waals surface area contributed by atoms with Crippen LogP contribution < -0.4 is 10.6 Å². The highest BCUT2D eigenvalue weighted by atomic mass is 35.5. The van der Waals surface area contributed by atoms with E-state index in [1.807, 2.05) is 12.1 Å². The van der Waals surface area contributed by atoms with Crippen molar-refractivity contribution in [3.8, 4) is 0 Å². The molecule has 2 aromatic heterocycles. The van der Waals surface area contributed by atoms with Crippen LogP contribution in [0.1, 0.15) is 26.5 Å². The maximum atomic E-state index is 13.3. The summed E-state index contributed by atoms with van der Waals surface area (Å²) in [5.41, 5.74) is 0.630. The molecule has 1 aromatic carbocycles. The van der Waals surface area contributed by atoms with Gasteiger partial charge in [0, 0.05) is 30.9 Å². The molecule has 0 bridgehead atoms. The van der Waals surface area contributed by atoms with Crippen LogP contribution in [0.3, 0.4) is 0 Å². The van der Waals surface area contributed by atoms with Gasteiger partial charge in [-0.25, -0.2) is 8.78 Å². The van der Waals surface area contributed by atoms with E-state index in [2.05, 4.69) is 25.8 Å². The Bertz CT molecular complexity index is 1010. The molecule has 0 aliphatic rings. The monoisotopic (exact) mass is 405 g/mol. The van der Waals surface area contributed by atoms with Gasteiger partial charge < -0.3 is 10.6 Å². The van der Waals surface area contributed by atoms with E-state index in [9.17, 15) is 18.4 Å². The fraction of sp³-hybridized carbons (Fsp3) is 0.111. The lowest BCUT2D eigenvalue weighted by Gasteiger charge is -2.05. The van der Waals surface area contributed by atoms with Gasteiger partial charge in [0.25, 0.3) is 11.8 Å². The first-order valence-electron chi connectivity index (χ1n) is 8.13. The maximum absolute atomic E-state index is 13.3. The number of nitrogens with zero attached hydrogens (tertiary/aromatic N) is 2. The van der Waals surface area contributed by atoms with Gasteiger partial charge in [-0.05, 0) is 24.3 Å². The van der Waals surface area contributed by atoms with Crippen LogP contribution in [0.15, 0.2) is 42.6 Å². The number of H-pyrrole nitrogens is 1. The number of carbonyl (C=O) groups excluding carboxylic acids is 2. The number of hydrogen-bond donors (Lipinski definition) is 3. The Hall–Kier alpha value is -3.33. The number of benzene rings is 1. The molecule has 2 amide bonds. The lowest BCUT2D eigenvalue weighted by Crippen LogP contribution is -2.26. The molecule has 2 heterocycles. The standard InChI is InChI=1S/C18H14ClF2N5O2/c19-12-8-14(21)13(20)7-11(12)17(27)24-16-9-15(25-26-16)18(28)23-6-4-10-3-1-2-5-22-10/h1-3,5,7-9H,4,6H2,(H,23,28)(H2,24,25,26,27). The zero-order chi connectivity index (χ0) is 20.1. The van der Waals surface area contributed by atoms with Gasteiger partial charge in [0.2, 0.25) is 0 Å². The van der Waals surface area contributed by atoms with Crippen molar-refractivity contribution in [1.29, 1.82) is 0 Å². The van der Waals surface area contributed by atoms with Gasteiger partial charge in [0.1, 0.15) is 5.82 Å². The van der Waals surface area contributed by atoms with Gasteiger partial charge in [0.15, 0.2) is 17.3 Å². The summed E-state index contributed by atoms with van der Waals surface area (Å²) in [6.07, 6.45) is 2.22. The second-order valence-corrected chi connectivity index (χ2v) is 6.10. The fourth-order valence-electron chi connectivity index (χ4n) is 2.33. The normalized spacial score (nSPS) is 10.5. The molecule has 10 heteroatoms. The van der Waals surface area contributed by atoms with Crippen molar-refractivity contribution in [2.24, 2.45) is 0 Å². The Kier molecular flexibility index (Phi) is 5.95. The van der Waals surface area contributed by atoms with Crippen molar-refractivity contribution < 1.29 is 18.4 Å². The predicted octanol–water partition coefficient (Wildman–Crippen LogP) is 2.96. The Morgan fingerprint density at radius 3 is 2.64 bits per heavy atom. The van der Waals surface area contributed by atoms with Gasteiger partial charge in [-0.1, -0.05) is 17.7 Å². The number of amides is 2. The SMILES string of the molecule is O=C(NCCc1ccccn1)c1cc(NC(=O)c2cc(F)c(F)cc2Cl)[nH]n1. The molecule has 0 aliphatic heterocycles.